The number of carboxylic acid groups (broad SMARTS) is 1. The number of rotatable bonds is 7. The number of aromatic nitrogens is 3. The first-order valence-electron chi connectivity index (χ1n) is 7.77. The number of aromatic carboxylic acids is 1. The smallest absolute Gasteiger partial charge is 0.372 e. The number of halogens is 1. The number of hydrogen-bond acceptors (Lipinski definition) is 7. The fourth-order valence-corrected chi connectivity index (χ4v) is 3.37. The molecule has 1 amide bonds. The van der Waals surface area contributed by atoms with Gasteiger partial charge in [-0.3, -0.25) is 4.79 Å². The lowest BCUT2D eigenvalue weighted by Crippen LogP contribution is -2.29. The van der Waals surface area contributed by atoms with E-state index in [4.69, 9.17) is 21.2 Å². The summed E-state index contributed by atoms with van der Waals surface area (Å²) in [5.74, 6) is -1.54. The Hall–Kier alpha value is -2.69. The van der Waals surface area contributed by atoms with Crippen LogP contribution in [-0.2, 0) is 6.54 Å². The Balaban J connectivity index is 1.85. The van der Waals surface area contributed by atoms with Crippen molar-refractivity contribution in [1.29, 1.82) is 0 Å². The van der Waals surface area contributed by atoms with Crippen LogP contribution in [0.2, 0.25) is 4.34 Å². The molecule has 0 aliphatic carbocycles. The number of amides is 1. The molecular weight excluding hydrogens is 396 g/mol. The maximum Gasteiger partial charge on any atom is 0.372 e. The third kappa shape index (κ3) is 4.18. The van der Waals surface area contributed by atoms with Crippen LogP contribution in [0, 0.1) is 0 Å². The Bertz CT molecular complexity index is 979. The second-order valence-corrected chi connectivity index (χ2v) is 7.33. The van der Waals surface area contributed by atoms with E-state index in [2.05, 4.69) is 10.1 Å². The standard InChI is InChI=1S/C16H15ClN4O5S/c1-20(4-5-22)15(23)10-8-21(14(18-10)16(24)25)7-9-6-11(26-19-9)12-2-3-13(17)27-12/h2-3,6,8,22H,4-5,7H2,1H3,(H,24,25). The van der Waals surface area contributed by atoms with E-state index in [0.29, 0.717) is 15.8 Å². The van der Waals surface area contributed by atoms with Crippen LogP contribution in [0.15, 0.2) is 28.9 Å². The molecule has 0 aliphatic heterocycles. The molecule has 27 heavy (non-hydrogen) atoms. The molecule has 0 spiro atoms. The van der Waals surface area contributed by atoms with Gasteiger partial charge in [-0.1, -0.05) is 16.8 Å². The summed E-state index contributed by atoms with van der Waals surface area (Å²) in [6, 6.07) is 5.21. The summed E-state index contributed by atoms with van der Waals surface area (Å²) in [5.41, 5.74) is 0.439. The van der Waals surface area contributed by atoms with Crippen LogP contribution in [0.5, 0.6) is 0 Å². The lowest BCUT2D eigenvalue weighted by Gasteiger charge is -2.13. The Labute approximate surface area is 162 Å². The molecule has 0 fully saturated rings. The van der Waals surface area contributed by atoms with E-state index in [1.165, 1.54) is 34.0 Å². The van der Waals surface area contributed by atoms with Gasteiger partial charge in [-0.05, 0) is 12.1 Å². The molecule has 9 nitrogen and oxygen atoms in total. The number of thiophene rings is 1. The first kappa shape index (κ1) is 19.1. The fourth-order valence-electron chi connectivity index (χ4n) is 2.38. The average molecular weight is 411 g/mol. The zero-order chi connectivity index (χ0) is 19.6. The van der Waals surface area contributed by atoms with E-state index < -0.39 is 11.9 Å². The Morgan fingerprint density at radius 1 is 1.41 bits per heavy atom. The zero-order valence-electron chi connectivity index (χ0n) is 14.1. The molecular formula is C16H15ClN4O5S. The van der Waals surface area contributed by atoms with Crippen LogP contribution in [0.25, 0.3) is 10.6 Å². The van der Waals surface area contributed by atoms with Gasteiger partial charge >= 0.3 is 5.97 Å². The van der Waals surface area contributed by atoms with Gasteiger partial charge in [0.15, 0.2) is 5.76 Å². The molecule has 3 aromatic rings. The Morgan fingerprint density at radius 2 is 2.19 bits per heavy atom. The van der Waals surface area contributed by atoms with Crippen molar-refractivity contribution in [3.63, 3.8) is 0 Å². The van der Waals surface area contributed by atoms with E-state index in [0.717, 1.165) is 4.88 Å². The molecule has 0 bridgehead atoms. The molecule has 0 saturated carbocycles. The van der Waals surface area contributed by atoms with Gasteiger partial charge < -0.3 is 24.2 Å². The number of carboxylic acids is 1. The summed E-state index contributed by atoms with van der Waals surface area (Å²) in [6.45, 7) is -0.0262. The molecule has 3 heterocycles. The van der Waals surface area contributed by atoms with Crippen LogP contribution in [0.1, 0.15) is 26.8 Å². The number of carbonyl (C=O) groups excluding carboxylic acids is 1. The lowest BCUT2D eigenvalue weighted by molar-refractivity contribution is 0.0678. The maximum absolute atomic E-state index is 12.3. The quantitative estimate of drug-likeness (QED) is 0.611. The summed E-state index contributed by atoms with van der Waals surface area (Å²) < 4.78 is 7.20. The summed E-state index contributed by atoms with van der Waals surface area (Å²) in [6.07, 6.45) is 1.34. The van der Waals surface area contributed by atoms with Gasteiger partial charge in [0, 0.05) is 25.9 Å². The number of imidazole rings is 1. The topological polar surface area (TPSA) is 122 Å². The number of aliphatic hydroxyl groups excluding tert-OH is 1. The fraction of sp³-hybridized carbons (Fsp3) is 0.250. The van der Waals surface area contributed by atoms with Gasteiger partial charge in [0.05, 0.1) is 22.4 Å². The van der Waals surface area contributed by atoms with E-state index in [1.807, 2.05) is 0 Å². The van der Waals surface area contributed by atoms with Crippen LogP contribution in [0.4, 0.5) is 0 Å². The molecule has 3 aromatic heterocycles. The van der Waals surface area contributed by atoms with Gasteiger partial charge in [-0.25, -0.2) is 9.78 Å². The van der Waals surface area contributed by atoms with Crippen LogP contribution >= 0.6 is 22.9 Å². The van der Waals surface area contributed by atoms with Crippen LogP contribution < -0.4 is 0 Å². The van der Waals surface area contributed by atoms with Gasteiger partial charge in [0.25, 0.3) is 5.91 Å². The van der Waals surface area contributed by atoms with Crippen molar-refractivity contribution in [1.82, 2.24) is 19.6 Å². The molecule has 0 aromatic carbocycles. The minimum absolute atomic E-state index is 0.0305. The lowest BCUT2D eigenvalue weighted by atomic mass is 10.3. The summed E-state index contributed by atoms with van der Waals surface area (Å²) in [5, 5.41) is 22.2. The van der Waals surface area contributed by atoms with E-state index in [9.17, 15) is 14.7 Å². The largest absolute Gasteiger partial charge is 0.475 e. The van der Waals surface area contributed by atoms with E-state index in [1.54, 1.807) is 18.2 Å². The summed E-state index contributed by atoms with van der Waals surface area (Å²) in [7, 11) is 1.49. The average Bonchev–Trinajstić information content (AvgIpc) is 3.34. The van der Waals surface area contributed by atoms with Crippen molar-refractivity contribution in [3.05, 3.63) is 45.9 Å². The number of carbonyl (C=O) groups is 2. The Morgan fingerprint density at radius 3 is 2.81 bits per heavy atom. The predicted molar refractivity (Wildman–Crippen MR) is 97.2 cm³/mol. The maximum atomic E-state index is 12.3. The van der Waals surface area contributed by atoms with Gasteiger partial charge in [-0.2, -0.15) is 0 Å². The molecule has 0 aliphatic rings. The third-order valence-electron chi connectivity index (χ3n) is 3.68. The molecule has 142 valence electrons. The number of hydrogen-bond donors (Lipinski definition) is 2. The van der Waals surface area contributed by atoms with E-state index in [-0.39, 0.29) is 31.2 Å². The van der Waals surface area contributed by atoms with Crippen molar-refractivity contribution >= 4 is 34.8 Å². The number of nitrogens with zero attached hydrogens (tertiary/aromatic N) is 4. The number of aliphatic hydroxyl groups is 1. The minimum atomic E-state index is -1.27. The second kappa shape index (κ2) is 7.91. The monoisotopic (exact) mass is 410 g/mol. The van der Waals surface area contributed by atoms with E-state index >= 15 is 0 Å². The third-order valence-corrected chi connectivity index (χ3v) is 4.92. The molecule has 3 rings (SSSR count). The first-order valence-corrected chi connectivity index (χ1v) is 8.96. The van der Waals surface area contributed by atoms with Crippen molar-refractivity contribution in [3.8, 4) is 10.6 Å². The molecule has 0 saturated heterocycles. The Kier molecular flexibility index (Phi) is 5.59. The molecule has 11 heteroatoms. The highest BCUT2D eigenvalue weighted by Crippen LogP contribution is 2.31. The van der Waals surface area contributed by atoms with Crippen molar-refractivity contribution < 1.29 is 24.3 Å². The highest BCUT2D eigenvalue weighted by molar-refractivity contribution is 7.19. The van der Waals surface area contributed by atoms with Gasteiger partial charge in [0.2, 0.25) is 5.82 Å². The molecule has 0 radical (unpaired) electrons. The predicted octanol–water partition coefficient (Wildman–Crippen LogP) is 2.06. The van der Waals surface area contributed by atoms with Crippen LogP contribution in [-0.4, -0.2) is 61.9 Å². The molecule has 0 unspecified atom stereocenters. The van der Waals surface area contributed by atoms with Crippen LogP contribution in [0.3, 0.4) is 0 Å². The molecule has 0 atom stereocenters. The highest BCUT2D eigenvalue weighted by Gasteiger charge is 2.22. The van der Waals surface area contributed by atoms with Gasteiger partial charge in [-0.15, -0.1) is 11.3 Å². The van der Waals surface area contributed by atoms with Crippen molar-refractivity contribution in [2.24, 2.45) is 0 Å². The van der Waals surface area contributed by atoms with Crippen molar-refractivity contribution in [2.45, 2.75) is 6.54 Å². The highest BCUT2D eigenvalue weighted by atomic mass is 35.5. The SMILES string of the molecule is CN(CCO)C(=O)c1cn(Cc2cc(-c3ccc(Cl)s3)on2)c(C(=O)O)n1. The minimum Gasteiger partial charge on any atom is -0.475 e. The van der Waals surface area contributed by atoms with Crippen molar-refractivity contribution in [2.75, 3.05) is 20.2 Å². The zero-order valence-corrected chi connectivity index (χ0v) is 15.7. The summed E-state index contributed by atoms with van der Waals surface area (Å²) >= 11 is 7.24. The summed E-state index contributed by atoms with van der Waals surface area (Å²) in [4.78, 5) is 29.7. The second-order valence-electron chi connectivity index (χ2n) is 5.62. The number of likely N-dealkylation sites (N-methyl/N-ethyl adjacent to an activating group) is 1. The van der Waals surface area contributed by atoms with Gasteiger partial charge in [0.1, 0.15) is 11.4 Å². The first-order chi connectivity index (χ1) is 12.9. The normalized spacial score (nSPS) is 10.9. The molecule has 2 N–H and O–H groups in total.